The molecule has 3 atom stereocenters. The third-order valence-electron chi connectivity index (χ3n) is 4.62. The maximum Gasteiger partial charge on any atom is 0.407 e. The maximum absolute atomic E-state index is 12.3. The molecule has 3 rings (SSSR count). The summed E-state index contributed by atoms with van der Waals surface area (Å²) in [4.78, 5) is 25.6. The first-order valence-corrected chi connectivity index (χ1v) is 8.53. The number of carbonyl (C=O) groups excluding carboxylic acids is 2. The SMILES string of the molecule is CC(=O)N1c2ccccc2[C@H](NC(=O)OCc2ccccc2)[C@@H](C)[C@@H]1O. The molecule has 0 saturated heterocycles. The van der Waals surface area contributed by atoms with Crippen LogP contribution in [0.5, 0.6) is 0 Å². The quantitative estimate of drug-likeness (QED) is 0.888. The van der Waals surface area contributed by atoms with Gasteiger partial charge < -0.3 is 15.2 Å². The first kappa shape index (κ1) is 17.9. The number of ether oxygens (including phenoxy) is 1. The van der Waals surface area contributed by atoms with Gasteiger partial charge in [-0.25, -0.2) is 4.79 Å². The molecule has 1 aliphatic heterocycles. The van der Waals surface area contributed by atoms with Gasteiger partial charge in [-0.2, -0.15) is 0 Å². The van der Waals surface area contributed by atoms with Gasteiger partial charge in [0.15, 0.2) is 0 Å². The zero-order valence-electron chi connectivity index (χ0n) is 14.8. The molecular weight excluding hydrogens is 332 g/mol. The Bertz CT molecular complexity index is 793. The van der Waals surface area contributed by atoms with E-state index in [-0.39, 0.29) is 12.5 Å². The number of fused-ring (bicyclic) bond motifs is 1. The summed E-state index contributed by atoms with van der Waals surface area (Å²) in [7, 11) is 0. The van der Waals surface area contributed by atoms with Crippen LogP contribution in [-0.2, 0) is 16.1 Å². The van der Waals surface area contributed by atoms with E-state index >= 15 is 0 Å². The van der Waals surface area contributed by atoms with Crippen molar-refractivity contribution in [2.45, 2.75) is 32.7 Å². The first-order chi connectivity index (χ1) is 12.5. The highest BCUT2D eigenvalue weighted by atomic mass is 16.5. The van der Waals surface area contributed by atoms with Gasteiger partial charge >= 0.3 is 6.09 Å². The van der Waals surface area contributed by atoms with Crippen LogP contribution < -0.4 is 10.2 Å². The Kier molecular flexibility index (Phi) is 5.23. The minimum Gasteiger partial charge on any atom is -0.445 e. The van der Waals surface area contributed by atoms with Gasteiger partial charge in [-0.1, -0.05) is 55.5 Å². The van der Waals surface area contributed by atoms with E-state index in [1.54, 1.807) is 19.1 Å². The number of anilines is 1. The van der Waals surface area contributed by atoms with E-state index in [4.69, 9.17) is 4.74 Å². The summed E-state index contributed by atoms with van der Waals surface area (Å²) < 4.78 is 5.29. The molecule has 2 N–H and O–H groups in total. The molecule has 2 amide bonds. The number of hydrogen-bond donors (Lipinski definition) is 2. The van der Waals surface area contributed by atoms with Gasteiger partial charge in [0.1, 0.15) is 12.8 Å². The number of carbonyl (C=O) groups is 2. The van der Waals surface area contributed by atoms with E-state index in [9.17, 15) is 14.7 Å². The van der Waals surface area contributed by atoms with Crippen LogP contribution in [0.15, 0.2) is 54.6 Å². The molecule has 0 spiro atoms. The number of nitrogens with one attached hydrogen (secondary N) is 1. The predicted octanol–water partition coefficient (Wildman–Crippen LogP) is 2.98. The van der Waals surface area contributed by atoms with Gasteiger partial charge in [0, 0.05) is 12.8 Å². The van der Waals surface area contributed by atoms with Crippen molar-refractivity contribution in [2.24, 2.45) is 5.92 Å². The second kappa shape index (κ2) is 7.58. The molecule has 6 heteroatoms. The molecule has 0 aliphatic carbocycles. The number of alkyl carbamates (subject to hydrolysis) is 1. The Hall–Kier alpha value is -2.86. The smallest absolute Gasteiger partial charge is 0.407 e. The molecule has 136 valence electrons. The number of amides is 2. The van der Waals surface area contributed by atoms with Crippen LogP contribution in [-0.4, -0.2) is 23.3 Å². The Morgan fingerprint density at radius 3 is 2.46 bits per heavy atom. The third-order valence-corrected chi connectivity index (χ3v) is 4.62. The van der Waals surface area contributed by atoms with Crippen LogP contribution in [0.2, 0.25) is 0 Å². The molecule has 0 aromatic heterocycles. The summed E-state index contributed by atoms with van der Waals surface area (Å²) in [6, 6.07) is 16.2. The number of nitrogens with zero attached hydrogens (tertiary/aromatic N) is 1. The molecule has 2 aromatic rings. The van der Waals surface area contributed by atoms with Crippen molar-refractivity contribution < 1.29 is 19.4 Å². The van der Waals surface area contributed by atoms with E-state index in [0.29, 0.717) is 5.69 Å². The zero-order valence-corrected chi connectivity index (χ0v) is 14.8. The summed E-state index contributed by atoms with van der Waals surface area (Å²) in [5, 5.41) is 13.4. The predicted molar refractivity (Wildman–Crippen MR) is 97.3 cm³/mol. The number of rotatable bonds is 3. The molecule has 0 bridgehead atoms. The summed E-state index contributed by atoms with van der Waals surface area (Å²) in [6.07, 6.45) is -1.59. The Labute approximate surface area is 152 Å². The highest BCUT2D eigenvalue weighted by Gasteiger charge is 2.40. The van der Waals surface area contributed by atoms with Crippen LogP contribution in [0.4, 0.5) is 10.5 Å². The lowest BCUT2D eigenvalue weighted by atomic mass is 9.86. The number of aliphatic hydroxyl groups excluding tert-OH is 1. The summed E-state index contributed by atoms with van der Waals surface area (Å²) in [6.45, 7) is 3.37. The van der Waals surface area contributed by atoms with Gasteiger partial charge in [0.2, 0.25) is 5.91 Å². The van der Waals surface area contributed by atoms with Crippen molar-refractivity contribution in [2.75, 3.05) is 4.90 Å². The second-order valence-electron chi connectivity index (χ2n) is 6.40. The third kappa shape index (κ3) is 3.55. The lowest BCUT2D eigenvalue weighted by molar-refractivity contribution is -0.119. The van der Waals surface area contributed by atoms with Gasteiger partial charge in [-0.15, -0.1) is 0 Å². The van der Waals surface area contributed by atoms with Gasteiger partial charge in [-0.3, -0.25) is 9.69 Å². The van der Waals surface area contributed by atoms with E-state index in [0.717, 1.165) is 11.1 Å². The Balaban J connectivity index is 1.77. The van der Waals surface area contributed by atoms with Crippen molar-refractivity contribution in [3.8, 4) is 0 Å². The zero-order chi connectivity index (χ0) is 18.7. The molecule has 1 aliphatic rings. The van der Waals surface area contributed by atoms with Crippen LogP contribution in [0.3, 0.4) is 0 Å². The summed E-state index contributed by atoms with van der Waals surface area (Å²) >= 11 is 0. The van der Waals surface area contributed by atoms with Crippen molar-refractivity contribution in [1.82, 2.24) is 5.32 Å². The normalized spacial score (nSPS) is 21.7. The Morgan fingerprint density at radius 1 is 1.12 bits per heavy atom. The lowest BCUT2D eigenvalue weighted by Crippen LogP contribution is -2.52. The molecule has 2 aromatic carbocycles. The fraction of sp³-hybridized carbons (Fsp3) is 0.300. The van der Waals surface area contributed by atoms with Gasteiger partial charge in [0.05, 0.1) is 11.7 Å². The average molecular weight is 354 g/mol. The van der Waals surface area contributed by atoms with Crippen molar-refractivity contribution in [3.63, 3.8) is 0 Å². The number of benzene rings is 2. The average Bonchev–Trinajstić information content (AvgIpc) is 2.64. The molecule has 26 heavy (non-hydrogen) atoms. The Morgan fingerprint density at radius 2 is 1.77 bits per heavy atom. The van der Waals surface area contributed by atoms with Crippen molar-refractivity contribution >= 4 is 17.7 Å². The van der Waals surface area contributed by atoms with E-state index < -0.39 is 24.3 Å². The van der Waals surface area contributed by atoms with E-state index in [1.165, 1.54) is 11.8 Å². The van der Waals surface area contributed by atoms with Crippen LogP contribution in [0, 0.1) is 5.92 Å². The minimum absolute atomic E-state index is 0.164. The van der Waals surface area contributed by atoms with Gasteiger partial charge in [0.25, 0.3) is 0 Å². The largest absolute Gasteiger partial charge is 0.445 e. The molecule has 0 saturated carbocycles. The minimum atomic E-state index is -1.03. The van der Waals surface area contributed by atoms with Crippen molar-refractivity contribution in [1.29, 1.82) is 0 Å². The summed E-state index contributed by atoms with van der Waals surface area (Å²) in [5.74, 6) is -0.639. The lowest BCUT2D eigenvalue weighted by Gasteiger charge is -2.42. The molecule has 0 unspecified atom stereocenters. The molecule has 0 radical (unpaired) electrons. The summed E-state index contributed by atoms with van der Waals surface area (Å²) in [5.41, 5.74) is 2.26. The second-order valence-corrected chi connectivity index (χ2v) is 6.40. The first-order valence-electron chi connectivity index (χ1n) is 8.53. The molecular formula is C20H22N2O4. The molecule has 6 nitrogen and oxygen atoms in total. The van der Waals surface area contributed by atoms with Crippen molar-refractivity contribution in [3.05, 3.63) is 65.7 Å². The van der Waals surface area contributed by atoms with E-state index in [1.807, 2.05) is 42.5 Å². The fourth-order valence-corrected chi connectivity index (χ4v) is 3.26. The molecule has 0 fully saturated rings. The van der Waals surface area contributed by atoms with E-state index in [2.05, 4.69) is 5.32 Å². The number of para-hydroxylation sites is 1. The monoisotopic (exact) mass is 354 g/mol. The number of aliphatic hydroxyl groups is 1. The highest BCUT2D eigenvalue weighted by molar-refractivity contribution is 5.93. The van der Waals surface area contributed by atoms with Crippen LogP contribution in [0.25, 0.3) is 0 Å². The standard InChI is InChI=1S/C20H22N2O4/c1-13-18(21-20(25)26-12-15-8-4-3-5-9-15)16-10-6-7-11-17(16)22(14(2)23)19(13)24/h3-11,13,18-19,24H,12H2,1-2H3,(H,21,25)/t13-,18-,19+/m1/s1. The van der Waals surface area contributed by atoms with Crippen LogP contribution in [0.1, 0.15) is 31.0 Å². The topological polar surface area (TPSA) is 78.9 Å². The van der Waals surface area contributed by atoms with Gasteiger partial charge in [-0.05, 0) is 17.2 Å². The maximum atomic E-state index is 12.3. The number of hydrogen-bond acceptors (Lipinski definition) is 4. The highest BCUT2D eigenvalue weighted by Crippen LogP contribution is 2.39. The van der Waals surface area contributed by atoms with Crippen LogP contribution >= 0.6 is 0 Å². The fourth-order valence-electron chi connectivity index (χ4n) is 3.26. The molecule has 1 heterocycles.